The zero-order chi connectivity index (χ0) is 14.7. The molecule has 2 heterocycles. The van der Waals surface area contributed by atoms with E-state index in [0.717, 1.165) is 30.2 Å². The third-order valence-electron chi connectivity index (χ3n) is 3.35. The van der Waals surface area contributed by atoms with E-state index in [1.54, 1.807) is 12.1 Å². The number of nitriles is 1. The van der Waals surface area contributed by atoms with Gasteiger partial charge in [-0.3, -0.25) is 0 Å². The third-order valence-corrected chi connectivity index (χ3v) is 3.35. The van der Waals surface area contributed by atoms with Gasteiger partial charge in [-0.1, -0.05) is 12.1 Å². The van der Waals surface area contributed by atoms with E-state index in [9.17, 15) is 0 Å². The summed E-state index contributed by atoms with van der Waals surface area (Å²) in [6.45, 7) is 2.94. The van der Waals surface area contributed by atoms with Crippen LogP contribution in [-0.4, -0.2) is 36.3 Å². The van der Waals surface area contributed by atoms with Gasteiger partial charge in [0, 0.05) is 24.7 Å². The first-order chi connectivity index (χ1) is 10.3. The molecule has 0 spiro atoms. The van der Waals surface area contributed by atoms with Crippen molar-refractivity contribution in [1.82, 2.24) is 9.97 Å². The highest BCUT2D eigenvalue weighted by Gasteiger charge is 2.15. The standard InChI is InChI=1S/C15H15N5O/c16-10-11-2-1-3-12(8-11)13-9-14(19-15(17)18-13)20-4-6-21-7-5-20/h1-3,8-9H,4-7H2,(H2,17,18,19). The zero-order valence-electron chi connectivity index (χ0n) is 11.5. The highest BCUT2D eigenvalue weighted by molar-refractivity contribution is 5.66. The number of benzene rings is 1. The summed E-state index contributed by atoms with van der Waals surface area (Å²) in [5.41, 5.74) is 8.01. The predicted molar refractivity (Wildman–Crippen MR) is 79.6 cm³/mol. The molecule has 0 radical (unpaired) electrons. The van der Waals surface area contributed by atoms with E-state index >= 15 is 0 Å². The van der Waals surface area contributed by atoms with Crippen molar-refractivity contribution in [2.24, 2.45) is 0 Å². The second-order valence-corrected chi connectivity index (χ2v) is 4.76. The van der Waals surface area contributed by atoms with Crippen molar-refractivity contribution >= 4 is 11.8 Å². The monoisotopic (exact) mass is 281 g/mol. The minimum absolute atomic E-state index is 0.233. The molecule has 0 amide bonds. The van der Waals surface area contributed by atoms with Gasteiger partial charge in [0.2, 0.25) is 5.95 Å². The summed E-state index contributed by atoms with van der Waals surface area (Å²) < 4.78 is 5.34. The maximum atomic E-state index is 8.99. The molecule has 3 rings (SSSR count). The highest BCUT2D eigenvalue weighted by Crippen LogP contribution is 2.24. The van der Waals surface area contributed by atoms with Gasteiger partial charge in [0.15, 0.2) is 0 Å². The average molecular weight is 281 g/mol. The fraction of sp³-hybridized carbons (Fsp3) is 0.267. The van der Waals surface area contributed by atoms with Gasteiger partial charge in [0.05, 0.1) is 30.5 Å². The largest absolute Gasteiger partial charge is 0.378 e. The first kappa shape index (κ1) is 13.3. The average Bonchev–Trinajstić information content (AvgIpc) is 2.55. The van der Waals surface area contributed by atoms with Crippen LogP contribution in [-0.2, 0) is 4.74 Å². The second kappa shape index (κ2) is 5.77. The summed E-state index contributed by atoms with van der Waals surface area (Å²) in [6, 6.07) is 11.3. The third kappa shape index (κ3) is 2.93. The quantitative estimate of drug-likeness (QED) is 0.896. The van der Waals surface area contributed by atoms with Crippen molar-refractivity contribution in [3.05, 3.63) is 35.9 Å². The van der Waals surface area contributed by atoms with Gasteiger partial charge in [-0.05, 0) is 12.1 Å². The Balaban J connectivity index is 1.98. The molecule has 0 bridgehead atoms. The van der Waals surface area contributed by atoms with Crippen molar-refractivity contribution in [2.75, 3.05) is 36.9 Å². The first-order valence-corrected chi connectivity index (χ1v) is 6.74. The van der Waals surface area contributed by atoms with E-state index in [4.69, 9.17) is 15.7 Å². The van der Waals surface area contributed by atoms with E-state index in [-0.39, 0.29) is 5.95 Å². The number of nitrogens with zero attached hydrogens (tertiary/aromatic N) is 4. The Labute approximate surface area is 122 Å². The molecule has 0 atom stereocenters. The van der Waals surface area contributed by atoms with Crippen LogP contribution in [0, 0.1) is 11.3 Å². The molecular weight excluding hydrogens is 266 g/mol. The molecule has 0 aliphatic carbocycles. The highest BCUT2D eigenvalue weighted by atomic mass is 16.5. The van der Waals surface area contributed by atoms with Crippen LogP contribution in [0.4, 0.5) is 11.8 Å². The van der Waals surface area contributed by atoms with Gasteiger partial charge in [-0.15, -0.1) is 0 Å². The van der Waals surface area contributed by atoms with E-state index in [1.807, 2.05) is 18.2 Å². The summed E-state index contributed by atoms with van der Waals surface area (Å²) in [5.74, 6) is 1.03. The van der Waals surface area contributed by atoms with Gasteiger partial charge in [0.25, 0.3) is 0 Å². The Morgan fingerprint density at radius 2 is 2.00 bits per heavy atom. The molecule has 0 saturated carbocycles. The number of nitrogens with two attached hydrogens (primary N) is 1. The summed E-state index contributed by atoms with van der Waals surface area (Å²) in [7, 11) is 0. The molecular formula is C15H15N5O. The fourth-order valence-electron chi connectivity index (χ4n) is 2.30. The van der Waals surface area contributed by atoms with E-state index in [0.29, 0.717) is 18.8 Å². The number of hydrogen-bond donors (Lipinski definition) is 1. The molecule has 0 unspecified atom stereocenters. The van der Waals surface area contributed by atoms with E-state index < -0.39 is 0 Å². The van der Waals surface area contributed by atoms with E-state index in [2.05, 4.69) is 20.9 Å². The van der Waals surface area contributed by atoms with Crippen molar-refractivity contribution in [3.63, 3.8) is 0 Å². The lowest BCUT2D eigenvalue weighted by molar-refractivity contribution is 0.122. The number of anilines is 2. The molecule has 6 nitrogen and oxygen atoms in total. The van der Waals surface area contributed by atoms with Crippen LogP contribution in [0.2, 0.25) is 0 Å². The molecule has 1 aliphatic heterocycles. The zero-order valence-corrected chi connectivity index (χ0v) is 11.5. The van der Waals surface area contributed by atoms with Gasteiger partial charge in [-0.2, -0.15) is 10.2 Å². The Morgan fingerprint density at radius 3 is 2.76 bits per heavy atom. The lowest BCUT2D eigenvalue weighted by Gasteiger charge is -2.28. The first-order valence-electron chi connectivity index (χ1n) is 6.74. The van der Waals surface area contributed by atoms with Crippen molar-refractivity contribution in [2.45, 2.75) is 0 Å². The van der Waals surface area contributed by atoms with Crippen LogP contribution in [0.5, 0.6) is 0 Å². The SMILES string of the molecule is N#Cc1cccc(-c2cc(N3CCOCC3)nc(N)n2)c1. The van der Waals surface area contributed by atoms with Crippen molar-refractivity contribution in [3.8, 4) is 17.3 Å². The topological polar surface area (TPSA) is 88.1 Å². The Morgan fingerprint density at radius 1 is 1.19 bits per heavy atom. The van der Waals surface area contributed by atoms with Gasteiger partial charge < -0.3 is 15.4 Å². The lowest BCUT2D eigenvalue weighted by atomic mass is 10.1. The number of hydrogen-bond acceptors (Lipinski definition) is 6. The van der Waals surface area contributed by atoms with Crippen LogP contribution < -0.4 is 10.6 Å². The smallest absolute Gasteiger partial charge is 0.222 e. The normalized spacial score (nSPS) is 14.7. The summed E-state index contributed by atoms with van der Waals surface area (Å²) in [4.78, 5) is 10.7. The number of morpholine rings is 1. The maximum Gasteiger partial charge on any atom is 0.222 e. The molecule has 2 N–H and O–H groups in total. The van der Waals surface area contributed by atoms with Gasteiger partial charge in [-0.25, -0.2) is 4.98 Å². The molecule has 1 fully saturated rings. The minimum atomic E-state index is 0.233. The molecule has 1 aromatic carbocycles. The fourth-order valence-corrected chi connectivity index (χ4v) is 2.30. The number of nitrogen functional groups attached to an aromatic ring is 1. The Kier molecular flexibility index (Phi) is 3.67. The van der Waals surface area contributed by atoms with E-state index in [1.165, 1.54) is 0 Å². The molecule has 21 heavy (non-hydrogen) atoms. The molecule has 1 aromatic heterocycles. The second-order valence-electron chi connectivity index (χ2n) is 4.76. The Bertz CT molecular complexity index is 689. The maximum absolute atomic E-state index is 8.99. The lowest BCUT2D eigenvalue weighted by Crippen LogP contribution is -2.36. The minimum Gasteiger partial charge on any atom is -0.378 e. The summed E-state index contributed by atoms with van der Waals surface area (Å²) >= 11 is 0. The van der Waals surface area contributed by atoms with Crippen LogP contribution in [0.15, 0.2) is 30.3 Å². The molecule has 1 saturated heterocycles. The number of ether oxygens (including phenoxy) is 1. The molecule has 6 heteroatoms. The van der Waals surface area contributed by atoms with Crippen LogP contribution in [0.3, 0.4) is 0 Å². The predicted octanol–water partition coefficient (Wildman–Crippen LogP) is 1.43. The molecule has 106 valence electrons. The van der Waals surface area contributed by atoms with Gasteiger partial charge in [0.1, 0.15) is 5.82 Å². The van der Waals surface area contributed by atoms with Crippen LogP contribution in [0.1, 0.15) is 5.56 Å². The van der Waals surface area contributed by atoms with Gasteiger partial charge >= 0.3 is 0 Å². The van der Waals surface area contributed by atoms with Crippen molar-refractivity contribution < 1.29 is 4.74 Å². The number of aromatic nitrogens is 2. The summed E-state index contributed by atoms with van der Waals surface area (Å²) in [5, 5.41) is 8.99. The molecule has 1 aliphatic rings. The number of rotatable bonds is 2. The summed E-state index contributed by atoms with van der Waals surface area (Å²) in [6.07, 6.45) is 0. The van der Waals surface area contributed by atoms with Crippen LogP contribution in [0.25, 0.3) is 11.3 Å². The van der Waals surface area contributed by atoms with Crippen LogP contribution >= 0.6 is 0 Å². The Hall–Kier alpha value is -2.65. The molecule has 2 aromatic rings. The van der Waals surface area contributed by atoms with Crippen molar-refractivity contribution in [1.29, 1.82) is 5.26 Å².